The molecule has 8 heteroatoms. The van der Waals surface area contributed by atoms with Gasteiger partial charge in [-0.05, 0) is 68.3 Å². The van der Waals surface area contributed by atoms with E-state index in [1.807, 2.05) is 24.3 Å². The molecule has 2 saturated heterocycles. The SMILES string of the molecule is COc1ccc(-c2noc(N3CCC(C(=O)NCCCN4C[C@H](C)C[C@H](C)C4)CC3)n2)cc1. The lowest BCUT2D eigenvalue weighted by Gasteiger charge is -2.35. The second-order valence-electron chi connectivity index (χ2n) is 9.74. The third-order valence-corrected chi connectivity index (χ3v) is 6.79. The van der Waals surface area contributed by atoms with E-state index in [4.69, 9.17) is 9.26 Å². The molecule has 33 heavy (non-hydrogen) atoms. The number of ether oxygens (including phenoxy) is 1. The van der Waals surface area contributed by atoms with Crippen molar-refractivity contribution in [2.24, 2.45) is 17.8 Å². The molecule has 0 unspecified atom stereocenters. The summed E-state index contributed by atoms with van der Waals surface area (Å²) in [5.74, 6) is 3.14. The molecular formula is C25H37N5O3. The molecule has 0 spiro atoms. The van der Waals surface area contributed by atoms with Gasteiger partial charge in [0.25, 0.3) is 0 Å². The number of nitrogens with one attached hydrogen (secondary N) is 1. The summed E-state index contributed by atoms with van der Waals surface area (Å²) in [6.45, 7) is 10.4. The monoisotopic (exact) mass is 455 g/mol. The van der Waals surface area contributed by atoms with Crippen LogP contribution < -0.4 is 15.0 Å². The highest BCUT2D eigenvalue weighted by Crippen LogP contribution is 2.26. The van der Waals surface area contributed by atoms with E-state index in [0.717, 1.165) is 68.6 Å². The van der Waals surface area contributed by atoms with Crippen molar-refractivity contribution in [1.82, 2.24) is 20.4 Å². The van der Waals surface area contributed by atoms with Crippen molar-refractivity contribution >= 4 is 11.9 Å². The number of carbonyl (C=O) groups excluding carboxylic acids is 1. The number of aromatic nitrogens is 2. The van der Waals surface area contributed by atoms with Crippen LogP contribution in [-0.2, 0) is 4.79 Å². The van der Waals surface area contributed by atoms with Crippen molar-refractivity contribution < 1.29 is 14.1 Å². The van der Waals surface area contributed by atoms with E-state index in [9.17, 15) is 4.79 Å². The van der Waals surface area contributed by atoms with E-state index in [2.05, 4.69) is 39.1 Å². The first-order valence-corrected chi connectivity index (χ1v) is 12.2. The van der Waals surface area contributed by atoms with Gasteiger partial charge < -0.3 is 24.4 Å². The Morgan fingerprint density at radius 3 is 2.52 bits per heavy atom. The van der Waals surface area contributed by atoms with Crippen LogP contribution in [0.15, 0.2) is 28.8 Å². The van der Waals surface area contributed by atoms with Crippen molar-refractivity contribution in [3.63, 3.8) is 0 Å². The van der Waals surface area contributed by atoms with Gasteiger partial charge >= 0.3 is 6.01 Å². The first-order valence-electron chi connectivity index (χ1n) is 12.2. The number of methoxy groups -OCH3 is 1. The molecule has 0 radical (unpaired) electrons. The van der Waals surface area contributed by atoms with E-state index in [1.54, 1.807) is 7.11 Å². The molecule has 3 heterocycles. The summed E-state index contributed by atoms with van der Waals surface area (Å²) in [6, 6.07) is 8.10. The summed E-state index contributed by atoms with van der Waals surface area (Å²) < 4.78 is 10.7. The Morgan fingerprint density at radius 2 is 1.85 bits per heavy atom. The van der Waals surface area contributed by atoms with Crippen molar-refractivity contribution in [1.29, 1.82) is 0 Å². The first kappa shape index (κ1) is 23.5. The fourth-order valence-corrected chi connectivity index (χ4v) is 5.17. The second kappa shape index (κ2) is 11.0. The van der Waals surface area contributed by atoms with E-state index >= 15 is 0 Å². The summed E-state index contributed by atoms with van der Waals surface area (Å²) in [6.07, 6.45) is 3.94. The first-order chi connectivity index (χ1) is 16.0. The molecule has 0 saturated carbocycles. The Bertz CT molecular complexity index is 882. The lowest BCUT2D eigenvalue weighted by Crippen LogP contribution is -2.42. The summed E-state index contributed by atoms with van der Waals surface area (Å²) in [4.78, 5) is 21.8. The van der Waals surface area contributed by atoms with Gasteiger partial charge in [-0.15, -0.1) is 0 Å². The average Bonchev–Trinajstić information content (AvgIpc) is 3.32. The van der Waals surface area contributed by atoms with Crippen LogP contribution in [0.3, 0.4) is 0 Å². The highest BCUT2D eigenvalue weighted by Gasteiger charge is 2.27. The lowest BCUT2D eigenvalue weighted by atomic mass is 9.92. The predicted octanol–water partition coefficient (Wildman–Crippen LogP) is 3.45. The van der Waals surface area contributed by atoms with Crippen molar-refractivity contribution in [2.75, 3.05) is 51.3 Å². The predicted molar refractivity (Wildman–Crippen MR) is 128 cm³/mol. The molecule has 4 rings (SSSR count). The molecule has 2 aliphatic heterocycles. The molecule has 2 atom stereocenters. The second-order valence-corrected chi connectivity index (χ2v) is 9.74. The number of carbonyl (C=O) groups is 1. The Morgan fingerprint density at radius 1 is 1.15 bits per heavy atom. The number of amides is 1. The summed E-state index contributed by atoms with van der Waals surface area (Å²) >= 11 is 0. The summed E-state index contributed by atoms with van der Waals surface area (Å²) in [5, 5.41) is 7.28. The van der Waals surface area contributed by atoms with E-state index in [-0.39, 0.29) is 11.8 Å². The van der Waals surface area contributed by atoms with Crippen LogP contribution >= 0.6 is 0 Å². The molecule has 1 aromatic heterocycles. The van der Waals surface area contributed by atoms with Gasteiger partial charge in [0.2, 0.25) is 11.7 Å². The van der Waals surface area contributed by atoms with Crippen LogP contribution in [0.5, 0.6) is 5.75 Å². The van der Waals surface area contributed by atoms with Crippen LogP contribution in [-0.4, -0.2) is 67.3 Å². The number of hydrogen-bond acceptors (Lipinski definition) is 7. The maximum Gasteiger partial charge on any atom is 0.324 e. The van der Waals surface area contributed by atoms with Gasteiger partial charge in [-0.3, -0.25) is 4.79 Å². The highest BCUT2D eigenvalue weighted by molar-refractivity contribution is 5.78. The zero-order valence-electron chi connectivity index (χ0n) is 20.1. The third-order valence-electron chi connectivity index (χ3n) is 6.79. The quantitative estimate of drug-likeness (QED) is 0.611. The van der Waals surface area contributed by atoms with E-state index in [1.165, 1.54) is 19.5 Å². The van der Waals surface area contributed by atoms with Gasteiger partial charge in [0.05, 0.1) is 7.11 Å². The Balaban J connectivity index is 1.18. The Hall–Kier alpha value is -2.61. The van der Waals surface area contributed by atoms with Gasteiger partial charge in [-0.25, -0.2) is 0 Å². The number of piperidine rings is 2. The largest absolute Gasteiger partial charge is 0.497 e. The molecule has 1 amide bonds. The van der Waals surface area contributed by atoms with Crippen LogP contribution in [0.2, 0.25) is 0 Å². The van der Waals surface area contributed by atoms with Crippen molar-refractivity contribution in [3.8, 4) is 17.1 Å². The molecule has 0 aliphatic carbocycles. The van der Waals surface area contributed by atoms with Crippen LogP contribution in [0.4, 0.5) is 6.01 Å². The molecule has 8 nitrogen and oxygen atoms in total. The van der Waals surface area contributed by atoms with Crippen LogP contribution in [0.25, 0.3) is 11.4 Å². The smallest absolute Gasteiger partial charge is 0.324 e. The van der Waals surface area contributed by atoms with Gasteiger partial charge in [0.15, 0.2) is 0 Å². The van der Waals surface area contributed by atoms with E-state index in [0.29, 0.717) is 11.8 Å². The topological polar surface area (TPSA) is 83.7 Å². The zero-order chi connectivity index (χ0) is 23.2. The number of rotatable bonds is 8. The number of benzene rings is 1. The number of anilines is 1. The molecule has 2 aliphatic rings. The molecular weight excluding hydrogens is 418 g/mol. The third kappa shape index (κ3) is 6.25. The number of nitrogens with zero attached hydrogens (tertiary/aromatic N) is 4. The lowest BCUT2D eigenvalue weighted by molar-refractivity contribution is -0.125. The standard InChI is InChI=1S/C25H37N5O3/c1-18-15-19(2)17-29(16-18)12-4-11-26-24(31)21-9-13-30(14-10-21)25-27-23(28-33-25)20-5-7-22(32-3)8-6-20/h5-8,18-19,21H,4,9-17H2,1-3H3,(H,26,31)/t18-,19+. The molecule has 2 fully saturated rings. The fraction of sp³-hybridized carbons (Fsp3) is 0.640. The number of likely N-dealkylation sites (tertiary alicyclic amines) is 1. The minimum atomic E-state index is 0.0558. The number of hydrogen-bond donors (Lipinski definition) is 1. The molecule has 1 aromatic carbocycles. The maximum absolute atomic E-state index is 12.6. The normalized spacial score (nSPS) is 22.3. The minimum Gasteiger partial charge on any atom is -0.497 e. The molecule has 2 aromatic rings. The average molecular weight is 456 g/mol. The minimum absolute atomic E-state index is 0.0558. The fourth-order valence-electron chi connectivity index (χ4n) is 5.17. The summed E-state index contributed by atoms with van der Waals surface area (Å²) in [7, 11) is 1.64. The Labute approximate surface area is 196 Å². The van der Waals surface area contributed by atoms with Crippen LogP contribution in [0.1, 0.15) is 39.5 Å². The van der Waals surface area contributed by atoms with Gasteiger partial charge in [-0.2, -0.15) is 4.98 Å². The zero-order valence-corrected chi connectivity index (χ0v) is 20.1. The van der Waals surface area contributed by atoms with E-state index < -0.39 is 0 Å². The molecule has 1 N–H and O–H groups in total. The highest BCUT2D eigenvalue weighted by atomic mass is 16.5. The van der Waals surface area contributed by atoms with Gasteiger partial charge in [0, 0.05) is 44.2 Å². The van der Waals surface area contributed by atoms with Crippen molar-refractivity contribution in [3.05, 3.63) is 24.3 Å². The molecule has 180 valence electrons. The van der Waals surface area contributed by atoms with Gasteiger partial charge in [0.1, 0.15) is 5.75 Å². The molecule has 0 bridgehead atoms. The van der Waals surface area contributed by atoms with Crippen LogP contribution in [0, 0.1) is 17.8 Å². The maximum atomic E-state index is 12.6. The van der Waals surface area contributed by atoms with Crippen molar-refractivity contribution in [2.45, 2.75) is 39.5 Å². The van der Waals surface area contributed by atoms with Gasteiger partial charge in [-0.1, -0.05) is 19.0 Å². The summed E-state index contributed by atoms with van der Waals surface area (Å²) in [5.41, 5.74) is 0.883. The Kier molecular flexibility index (Phi) is 7.85.